The lowest BCUT2D eigenvalue weighted by Crippen LogP contribution is -1.97. The Hall–Kier alpha value is -4.72. The number of ether oxygens (including phenoxy) is 5. The van der Waals surface area contributed by atoms with E-state index < -0.39 is 13.6 Å². The standard InChI is InChI=1S/C32H30O7/c1-35-27-13-9-25(10-14-27)31(19-23-5-3-7-29(17-23)37-21-33)39-32(26-11-15-28(36-2)16-12-26)20-24-6-4-8-30(18-24)38-22-34/h3-20,33-34H,21-22H2,1-2H3. The van der Waals surface area contributed by atoms with Gasteiger partial charge in [-0.05, 0) is 96.1 Å². The molecule has 0 aliphatic rings. The Morgan fingerprint density at radius 1 is 0.564 bits per heavy atom. The topological polar surface area (TPSA) is 86.6 Å². The van der Waals surface area contributed by atoms with Crippen LogP contribution in [0.25, 0.3) is 23.7 Å². The number of hydrogen-bond acceptors (Lipinski definition) is 7. The number of benzene rings is 4. The van der Waals surface area contributed by atoms with Crippen molar-refractivity contribution in [2.75, 3.05) is 27.8 Å². The largest absolute Gasteiger partial charge is 0.497 e. The molecule has 4 aromatic rings. The van der Waals surface area contributed by atoms with Gasteiger partial charge in [-0.2, -0.15) is 0 Å². The molecule has 0 aromatic heterocycles. The quantitative estimate of drug-likeness (QED) is 0.132. The van der Waals surface area contributed by atoms with Crippen molar-refractivity contribution in [2.24, 2.45) is 0 Å². The van der Waals surface area contributed by atoms with Crippen LogP contribution in [0.4, 0.5) is 0 Å². The summed E-state index contributed by atoms with van der Waals surface area (Å²) in [5.74, 6) is 3.66. The van der Waals surface area contributed by atoms with E-state index in [1.165, 1.54) is 0 Å². The van der Waals surface area contributed by atoms with Crippen LogP contribution < -0.4 is 18.9 Å². The smallest absolute Gasteiger partial charge is 0.186 e. The van der Waals surface area contributed by atoms with Crippen LogP contribution >= 0.6 is 0 Å². The lowest BCUT2D eigenvalue weighted by atomic mass is 10.1. The Kier molecular flexibility index (Phi) is 9.61. The number of hydrogen-bond donors (Lipinski definition) is 2. The third-order valence-corrected chi connectivity index (χ3v) is 5.74. The summed E-state index contributed by atoms with van der Waals surface area (Å²) < 4.78 is 27.8. The van der Waals surface area contributed by atoms with E-state index in [0.717, 1.165) is 33.8 Å². The van der Waals surface area contributed by atoms with Gasteiger partial charge >= 0.3 is 0 Å². The molecule has 0 saturated carbocycles. The van der Waals surface area contributed by atoms with Gasteiger partial charge in [0, 0.05) is 11.1 Å². The van der Waals surface area contributed by atoms with Crippen LogP contribution in [0.5, 0.6) is 23.0 Å². The van der Waals surface area contributed by atoms with Crippen molar-refractivity contribution in [1.29, 1.82) is 0 Å². The number of methoxy groups -OCH3 is 2. The van der Waals surface area contributed by atoms with Crippen molar-refractivity contribution in [3.8, 4) is 23.0 Å². The Morgan fingerprint density at radius 2 is 0.974 bits per heavy atom. The zero-order chi connectivity index (χ0) is 27.5. The molecule has 7 heteroatoms. The molecule has 0 amide bonds. The van der Waals surface area contributed by atoms with Crippen LogP contribution in [0, 0.1) is 0 Å². The summed E-state index contributed by atoms with van der Waals surface area (Å²) in [6, 6.07) is 29.8. The molecule has 200 valence electrons. The maximum atomic E-state index is 9.18. The Bertz CT molecular complexity index is 1300. The fourth-order valence-corrected chi connectivity index (χ4v) is 3.81. The van der Waals surface area contributed by atoms with Crippen LogP contribution in [-0.4, -0.2) is 38.0 Å². The van der Waals surface area contributed by atoms with Gasteiger partial charge < -0.3 is 33.9 Å². The van der Waals surface area contributed by atoms with E-state index in [9.17, 15) is 10.2 Å². The van der Waals surface area contributed by atoms with Gasteiger partial charge in [-0.25, -0.2) is 0 Å². The maximum Gasteiger partial charge on any atom is 0.186 e. The van der Waals surface area contributed by atoms with Crippen molar-refractivity contribution in [3.63, 3.8) is 0 Å². The lowest BCUT2D eigenvalue weighted by Gasteiger charge is -2.16. The summed E-state index contributed by atoms with van der Waals surface area (Å²) in [6.07, 6.45) is 3.80. The molecular weight excluding hydrogens is 496 g/mol. The van der Waals surface area contributed by atoms with E-state index in [1.807, 2.05) is 97.1 Å². The third-order valence-electron chi connectivity index (χ3n) is 5.74. The Balaban J connectivity index is 1.81. The summed E-state index contributed by atoms with van der Waals surface area (Å²) in [5.41, 5.74) is 3.28. The van der Waals surface area contributed by atoms with Crippen molar-refractivity contribution in [3.05, 3.63) is 119 Å². The first kappa shape index (κ1) is 27.3. The molecule has 0 bridgehead atoms. The normalized spacial score (nSPS) is 11.6. The highest BCUT2D eigenvalue weighted by atomic mass is 16.6. The van der Waals surface area contributed by atoms with Crippen molar-refractivity contribution < 1.29 is 33.9 Å². The minimum absolute atomic E-state index is 0.418. The molecule has 0 heterocycles. The van der Waals surface area contributed by atoms with Crippen LogP contribution in [-0.2, 0) is 4.74 Å². The van der Waals surface area contributed by atoms with E-state index in [1.54, 1.807) is 26.4 Å². The highest BCUT2D eigenvalue weighted by Crippen LogP contribution is 2.32. The third kappa shape index (κ3) is 7.64. The molecular formula is C32H30O7. The molecule has 0 radical (unpaired) electrons. The first-order valence-electron chi connectivity index (χ1n) is 12.2. The minimum atomic E-state index is -0.418. The van der Waals surface area contributed by atoms with Crippen LogP contribution in [0.3, 0.4) is 0 Å². The van der Waals surface area contributed by atoms with Gasteiger partial charge in [-0.3, -0.25) is 0 Å². The summed E-state index contributed by atoms with van der Waals surface area (Å²) in [5, 5.41) is 18.4. The van der Waals surface area contributed by atoms with Gasteiger partial charge in [0.15, 0.2) is 13.6 Å². The van der Waals surface area contributed by atoms with Crippen LogP contribution in [0.15, 0.2) is 97.1 Å². The SMILES string of the molecule is COc1ccc(C(=Cc2cccc(OCO)c2)OC(=Cc2cccc(OCO)c2)c2ccc(OC)cc2)cc1. The second kappa shape index (κ2) is 13.7. The zero-order valence-electron chi connectivity index (χ0n) is 21.7. The van der Waals surface area contributed by atoms with E-state index in [-0.39, 0.29) is 0 Å². The molecule has 0 fully saturated rings. The Labute approximate surface area is 227 Å². The predicted octanol–water partition coefficient (Wildman–Crippen LogP) is 6.07. The van der Waals surface area contributed by atoms with Crippen molar-refractivity contribution in [1.82, 2.24) is 0 Å². The van der Waals surface area contributed by atoms with E-state index in [4.69, 9.17) is 23.7 Å². The molecule has 39 heavy (non-hydrogen) atoms. The van der Waals surface area contributed by atoms with Gasteiger partial charge in [0.2, 0.25) is 0 Å². The predicted molar refractivity (Wildman–Crippen MR) is 151 cm³/mol. The number of rotatable bonds is 12. The highest BCUT2D eigenvalue weighted by Gasteiger charge is 2.12. The molecule has 0 aliphatic carbocycles. The van der Waals surface area contributed by atoms with Gasteiger partial charge in [0.25, 0.3) is 0 Å². The monoisotopic (exact) mass is 526 g/mol. The average molecular weight is 527 g/mol. The van der Waals surface area contributed by atoms with E-state index in [0.29, 0.717) is 23.0 Å². The lowest BCUT2D eigenvalue weighted by molar-refractivity contribution is 0.0981. The number of aliphatic hydroxyl groups excluding tert-OH is 2. The van der Waals surface area contributed by atoms with Crippen LogP contribution in [0.1, 0.15) is 22.3 Å². The Morgan fingerprint density at radius 3 is 1.33 bits per heavy atom. The van der Waals surface area contributed by atoms with Gasteiger partial charge in [-0.15, -0.1) is 0 Å². The molecule has 0 atom stereocenters. The summed E-state index contributed by atoms with van der Waals surface area (Å²) in [6.45, 7) is -0.836. The van der Waals surface area contributed by atoms with Crippen molar-refractivity contribution >= 4 is 23.7 Å². The molecule has 7 nitrogen and oxygen atoms in total. The summed E-state index contributed by atoms with van der Waals surface area (Å²) in [4.78, 5) is 0. The van der Waals surface area contributed by atoms with Gasteiger partial charge in [0.1, 0.15) is 34.5 Å². The maximum absolute atomic E-state index is 9.18. The van der Waals surface area contributed by atoms with Crippen molar-refractivity contribution in [2.45, 2.75) is 0 Å². The fourth-order valence-electron chi connectivity index (χ4n) is 3.81. The molecule has 4 aromatic carbocycles. The number of aliphatic hydroxyl groups is 2. The summed E-state index contributed by atoms with van der Waals surface area (Å²) >= 11 is 0. The molecule has 2 N–H and O–H groups in total. The minimum Gasteiger partial charge on any atom is -0.497 e. The summed E-state index contributed by atoms with van der Waals surface area (Å²) in [7, 11) is 3.24. The highest BCUT2D eigenvalue weighted by molar-refractivity contribution is 5.86. The van der Waals surface area contributed by atoms with E-state index >= 15 is 0 Å². The molecule has 4 rings (SSSR count). The molecule has 0 unspecified atom stereocenters. The second-order valence-electron chi connectivity index (χ2n) is 8.27. The first-order valence-corrected chi connectivity index (χ1v) is 12.2. The average Bonchev–Trinajstić information content (AvgIpc) is 2.97. The van der Waals surface area contributed by atoms with Gasteiger partial charge in [-0.1, -0.05) is 24.3 Å². The molecule has 0 spiro atoms. The molecule has 0 saturated heterocycles. The fraction of sp³-hybridized carbons (Fsp3) is 0.125. The zero-order valence-corrected chi connectivity index (χ0v) is 21.7. The van der Waals surface area contributed by atoms with E-state index in [2.05, 4.69) is 0 Å². The van der Waals surface area contributed by atoms with Gasteiger partial charge in [0.05, 0.1) is 14.2 Å². The second-order valence-corrected chi connectivity index (χ2v) is 8.27. The first-order chi connectivity index (χ1) is 19.1. The molecule has 0 aliphatic heterocycles. The van der Waals surface area contributed by atoms with Crippen LogP contribution in [0.2, 0.25) is 0 Å².